The zero-order chi connectivity index (χ0) is 18.3. The molecule has 1 aromatic carbocycles. The number of nitriles is 1. The molecular formula is C18H21FN2O4. The summed E-state index contributed by atoms with van der Waals surface area (Å²) in [6, 6.07) is 6.33. The Hall–Kier alpha value is -2.62. The summed E-state index contributed by atoms with van der Waals surface area (Å²) >= 11 is 0. The van der Waals surface area contributed by atoms with E-state index in [4.69, 9.17) is 9.47 Å². The summed E-state index contributed by atoms with van der Waals surface area (Å²) in [5.74, 6) is -1.63. The minimum atomic E-state index is -0.860. The van der Waals surface area contributed by atoms with E-state index in [-0.39, 0.29) is 12.2 Å². The molecule has 2 rings (SSSR count). The molecule has 7 heteroatoms. The Morgan fingerprint density at radius 2 is 2.04 bits per heavy atom. The maximum atomic E-state index is 13.6. The molecule has 1 saturated carbocycles. The Morgan fingerprint density at radius 1 is 1.32 bits per heavy atom. The number of methoxy groups -OCH3 is 1. The van der Waals surface area contributed by atoms with Gasteiger partial charge in [0, 0.05) is 0 Å². The number of rotatable bonds is 6. The molecule has 0 radical (unpaired) electrons. The van der Waals surface area contributed by atoms with E-state index >= 15 is 0 Å². The van der Waals surface area contributed by atoms with Crippen LogP contribution < -0.4 is 10.1 Å². The van der Waals surface area contributed by atoms with Crippen LogP contribution in [0.4, 0.5) is 4.39 Å². The lowest BCUT2D eigenvalue weighted by Crippen LogP contribution is -2.50. The zero-order valence-electron chi connectivity index (χ0n) is 14.1. The summed E-state index contributed by atoms with van der Waals surface area (Å²) in [7, 11) is 1.35. The smallest absolute Gasteiger partial charge is 0.310 e. The van der Waals surface area contributed by atoms with Gasteiger partial charge in [-0.1, -0.05) is 25.3 Å². The highest BCUT2D eigenvalue weighted by Gasteiger charge is 2.33. The molecular weight excluding hydrogens is 327 g/mol. The van der Waals surface area contributed by atoms with Crippen LogP contribution >= 0.6 is 0 Å². The number of esters is 1. The van der Waals surface area contributed by atoms with E-state index in [9.17, 15) is 19.2 Å². The van der Waals surface area contributed by atoms with Crippen LogP contribution in [0.1, 0.15) is 37.7 Å². The normalized spacial score (nSPS) is 15.7. The monoisotopic (exact) mass is 348 g/mol. The minimum Gasteiger partial charge on any atom is -0.494 e. The van der Waals surface area contributed by atoms with Gasteiger partial charge in [-0.25, -0.2) is 4.39 Å². The summed E-state index contributed by atoms with van der Waals surface area (Å²) in [5, 5.41) is 12.0. The molecule has 1 amide bonds. The van der Waals surface area contributed by atoms with Crippen molar-refractivity contribution in [3.05, 3.63) is 29.6 Å². The highest BCUT2D eigenvalue weighted by molar-refractivity contribution is 5.82. The van der Waals surface area contributed by atoms with Gasteiger partial charge < -0.3 is 14.8 Å². The third-order valence-electron chi connectivity index (χ3n) is 4.23. The molecule has 0 aliphatic heterocycles. The largest absolute Gasteiger partial charge is 0.494 e. The Balaban J connectivity index is 1.82. The molecule has 1 fully saturated rings. The van der Waals surface area contributed by atoms with E-state index in [1.54, 1.807) is 6.07 Å². The Bertz CT molecular complexity index is 678. The fourth-order valence-corrected chi connectivity index (χ4v) is 2.91. The van der Waals surface area contributed by atoms with Gasteiger partial charge in [0.15, 0.2) is 18.2 Å². The summed E-state index contributed by atoms with van der Waals surface area (Å²) in [5.41, 5.74) is -0.439. The second kappa shape index (κ2) is 8.47. The average molecular weight is 348 g/mol. The molecule has 6 nitrogen and oxygen atoms in total. The number of hydrogen-bond acceptors (Lipinski definition) is 5. The zero-order valence-corrected chi connectivity index (χ0v) is 14.1. The lowest BCUT2D eigenvalue weighted by molar-refractivity contribution is -0.148. The van der Waals surface area contributed by atoms with Crippen molar-refractivity contribution >= 4 is 11.9 Å². The van der Waals surface area contributed by atoms with Gasteiger partial charge in [-0.15, -0.1) is 0 Å². The van der Waals surface area contributed by atoms with Crippen molar-refractivity contribution in [1.82, 2.24) is 5.32 Å². The molecule has 0 atom stereocenters. The van der Waals surface area contributed by atoms with Crippen LogP contribution in [-0.4, -0.2) is 31.1 Å². The van der Waals surface area contributed by atoms with E-state index in [0.717, 1.165) is 19.3 Å². The van der Waals surface area contributed by atoms with Crippen molar-refractivity contribution in [2.45, 2.75) is 44.1 Å². The van der Waals surface area contributed by atoms with E-state index in [1.165, 1.54) is 19.2 Å². The van der Waals surface area contributed by atoms with Gasteiger partial charge in [0.2, 0.25) is 0 Å². The number of hydrogen-bond donors (Lipinski definition) is 1. The number of carbonyl (C=O) groups excluding carboxylic acids is 2. The maximum absolute atomic E-state index is 13.6. The van der Waals surface area contributed by atoms with Crippen molar-refractivity contribution < 1.29 is 23.5 Å². The average Bonchev–Trinajstić information content (AvgIpc) is 2.61. The Kier molecular flexibility index (Phi) is 6.34. The Morgan fingerprint density at radius 3 is 2.64 bits per heavy atom. The standard InChI is InChI=1S/C18H21FN2O4/c1-24-15-6-5-13(9-14(15)19)10-17(23)25-11-16(22)21-18(12-20)7-3-2-4-8-18/h5-6,9H,2-4,7-8,10-11H2,1H3,(H,21,22). The summed E-state index contributed by atoms with van der Waals surface area (Å²) in [6.07, 6.45) is 3.88. The van der Waals surface area contributed by atoms with Gasteiger partial charge in [-0.05, 0) is 30.5 Å². The van der Waals surface area contributed by atoms with Gasteiger partial charge in [0.05, 0.1) is 19.6 Å². The summed E-state index contributed by atoms with van der Waals surface area (Å²) < 4.78 is 23.3. The molecule has 1 aromatic rings. The second-order valence-electron chi connectivity index (χ2n) is 6.11. The first kappa shape index (κ1) is 18.7. The van der Waals surface area contributed by atoms with Crippen molar-refractivity contribution in [3.63, 3.8) is 0 Å². The number of carbonyl (C=O) groups is 2. The van der Waals surface area contributed by atoms with Crippen LogP contribution in [0.25, 0.3) is 0 Å². The molecule has 0 heterocycles. The molecule has 0 spiro atoms. The SMILES string of the molecule is COc1ccc(CC(=O)OCC(=O)NC2(C#N)CCCCC2)cc1F. The van der Waals surface area contributed by atoms with Gasteiger partial charge >= 0.3 is 5.97 Å². The molecule has 25 heavy (non-hydrogen) atoms. The van der Waals surface area contributed by atoms with Gasteiger partial charge in [-0.2, -0.15) is 5.26 Å². The van der Waals surface area contributed by atoms with Crippen molar-refractivity contribution in [2.24, 2.45) is 0 Å². The molecule has 134 valence electrons. The van der Waals surface area contributed by atoms with Crippen LogP contribution in [0.2, 0.25) is 0 Å². The quantitative estimate of drug-likeness (QED) is 0.797. The third kappa shape index (κ3) is 5.18. The van der Waals surface area contributed by atoms with E-state index in [1.807, 2.05) is 0 Å². The lowest BCUT2D eigenvalue weighted by Gasteiger charge is -2.31. The minimum absolute atomic E-state index is 0.0887. The second-order valence-corrected chi connectivity index (χ2v) is 6.11. The van der Waals surface area contributed by atoms with Crippen LogP contribution in [-0.2, 0) is 20.7 Å². The third-order valence-corrected chi connectivity index (χ3v) is 4.23. The van der Waals surface area contributed by atoms with Crippen molar-refractivity contribution in [3.8, 4) is 11.8 Å². The van der Waals surface area contributed by atoms with E-state index in [2.05, 4.69) is 11.4 Å². The fourth-order valence-electron chi connectivity index (χ4n) is 2.91. The summed E-state index contributed by atoms with van der Waals surface area (Å²) in [4.78, 5) is 23.8. The highest BCUT2D eigenvalue weighted by atomic mass is 19.1. The fraction of sp³-hybridized carbons (Fsp3) is 0.500. The van der Waals surface area contributed by atoms with Crippen LogP contribution in [0.15, 0.2) is 18.2 Å². The summed E-state index contributed by atoms with van der Waals surface area (Å²) in [6.45, 7) is -0.457. The first-order valence-electron chi connectivity index (χ1n) is 8.18. The van der Waals surface area contributed by atoms with Gasteiger partial charge in [0.1, 0.15) is 5.54 Å². The molecule has 1 N–H and O–H groups in total. The lowest BCUT2D eigenvalue weighted by atomic mass is 9.83. The number of halogens is 1. The molecule has 1 aliphatic carbocycles. The number of ether oxygens (including phenoxy) is 2. The van der Waals surface area contributed by atoms with Gasteiger partial charge in [0.25, 0.3) is 5.91 Å². The highest BCUT2D eigenvalue weighted by Crippen LogP contribution is 2.27. The van der Waals surface area contributed by atoms with Crippen LogP contribution in [0.5, 0.6) is 5.75 Å². The van der Waals surface area contributed by atoms with Crippen LogP contribution in [0.3, 0.4) is 0 Å². The number of nitrogens with one attached hydrogen (secondary N) is 1. The number of nitrogens with zero attached hydrogens (tertiary/aromatic N) is 1. The molecule has 0 saturated heterocycles. The van der Waals surface area contributed by atoms with Crippen LogP contribution in [0, 0.1) is 17.1 Å². The predicted molar refractivity (Wildman–Crippen MR) is 87.2 cm³/mol. The molecule has 1 aliphatic rings. The number of amides is 1. The van der Waals surface area contributed by atoms with Crippen molar-refractivity contribution in [1.29, 1.82) is 5.26 Å². The first-order valence-corrected chi connectivity index (χ1v) is 8.18. The maximum Gasteiger partial charge on any atom is 0.310 e. The predicted octanol–water partition coefficient (Wildman–Crippen LogP) is 2.26. The van der Waals surface area contributed by atoms with Gasteiger partial charge in [-0.3, -0.25) is 9.59 Å². The molecule has 0 bridgehead atoms. The van der Waals surface area contributed by atoms with Crippen molar-refractivity contribution in [2.75, 3.05) is 13.7 Å². The molecule has 0 unspecified atom stereocenters. The Labute approximate surface area is 145 Å². The van der Waals surface area contributed by atoms with E-state index in [0.29, 0.717) is 18.4 Å². The molecule has 0 aromatic heterocycles. The van der Waals surface area contributed by atoms with E-state index < -0.39 is 29.8 Å². The topological polar surface area (TPSA) is 88.4 Å². The number of benzene rings is 1. The first-order chi connectivity index (χ1) is 12.0.